The number of thiophene rings is 1. The van der Waals surface area contributed by atoms with E-state index in [2.05, 4.69) is 14.2 Å². The second-order valence-electron chi connectivity index (χ2n) is 3.15. The first-order chi connectivity index (χ1) is 8.50. The summed E-state index contributed by atoms with van der Waals surface area (Å²) >= 11 is 1.10. The van der Waals surface area contributed by atoms with Crippen molar-refractivity contribution in [2.24, 2.45) is 0 Å². The van der Waals surface area contributed by atoms with Gasteiger partial charge in [0.2, 0.25) is 0 Å². The Morgan fingerprint density at radius 3 is 2.78 bits per heavy atom. The Kier molecular flexibility index (Phi) is 5.54. The van der Waals surface area contributed by atoms with E-state index in [1.54, 1.807) is 5.38 Å². The fraction of sp³-hybridized carbons (Fsp3) is 0.444. The molecular weight excluding hydrogens is 280 g/mol. The van der Waals surface area contributed by atoms with Gasteiger partial charge in [0.15, 0.2) is 0 Å². The van der Waals surface area contributed by atoms with Crippen molar-refractivity contribution in [1.82, 2.24) is 4.72 Å². The van der Waals surface area contributed by atoms with Crippen molar-refractivity contribution in [1.29, 1.82) is 0 Å². The van der Waals surface area contributed by atoms with E-state index in [4.69, 9.17) is 4.74 Å². The zero-order chi connectivity index (χ0) is 13.6. The molecule has 0 amide bonds. The maximum Gasteiger partial charge on any atom is 0.350 e. The molecular formula is C9H14N2O5S2. The predicted octanol–water partition coefficient (Wildman–Crippen LogP) is 0.427. The van der Waals surface area contributed by atoms with Crippen LogP contribution in [0.2, 0.25) is 0 Å². The van der Waals surface area contributed by atoms with Crippen molar-refractivity contribution in [3.8, 4) is 0 Å². The summed E-state index contributed by atoms with van der Waals surface area (Å²) in [5, 5.41) is 1.60. The maximum atomic E-state index is 11.6. The Morgan fingerprint density at radius 2 is 2.17 bits per heavy atom. The molecule has 0 fully saturated rings. The van der Waals surface area contributed by atoms with E-state index < -0.39 is 16.2 Å². The molecule has 0 radical (unpaired) electrons. The number of ether oxygens (including phenoxy) is 2. The SMILES string of the molecule is COCCNS(=O)(=O)Nc1ccsc1C(=O)OC. The first-order valence-corrected chi connectivity index (χ1v) is 7.28. The number of carbonyl (C=O) groups excluding carboxylic acids is 1. The van der Waals surface area contributed by atoms with Crippen LogP contribution >= 0.6 is 11.3 Å². The maximum absolute atomic E-state index is 11.6. The number of hydrogen-bond acceptors (Lipinski definition) is 6. The molecule has 2 N–H and O–H groups in total. The van der Waals surface area contributed by atoms with E-state index in [-0.39, 0.29) is 23.7 Å². The standard InChI is InChI=1S/C9H14N2O5S2/c1-15-5-4-10-18(13,14)11-7-3-6-17-8(7)9(12)16-2/h3,6,10-11H,4-5H2,1-2H3. The third kappa shape index (κ3) is 4.26. The van der Waals surface area contributed by atoms with Crippen LogP contribution in [0.4, 0.5) is 5.69 Å². The Bertz CT molecular complexity index is 497. The molecule has 1 aromatic heterocycles. The highest BCUT2D eigenvalue weighted by Crippen LogP contribution is 2.23. The summed E-state index contributed by atoms with van der Waals surface area (Å²) in [7, 11) is -1.02. The molecule has 1 rings (SSSR count). The first kappa shape index (κ1) is 14.9. The number of anilines is 1. The third-order valence-electron chi connectivity index (χ3n) is 1.88. The molecule has 0 aliphatic rings. The molecule has 0 saturated carbocycles. The molecule has 1 heterocycles. The number of rotatable bonds is 7. The summed E-state index contributed by atoms with van der Waals surface area (Å²) < 4.78 is 37.0. The molecule has 0 spiro atoms. The van der Waals surface area contributed by atoms with E-state index in [1.807, 2.05) is 0 Å². The normalized spacial score (nSPS) is 11.2. The van der Waals surface area contributed by atoms with Gasteiger partial charge >= 0.3 is 5.97 Å². The fourth-order valence-corrected chi connectivity index (χ4v) is 2.81. The summed E-state index contributed by atoms with van der Waals surface area (Å²) in [6, 6.07) is 1.49. The van der Waals surface area contributed by atoms with Crippen LogP contribution in [0.25, 0.3) is 0 Å². The average Bonchev–Trinajstić information content (AvgIpc) is 2.75. The lowest BCUT2D eigenvalue weighted by molar-refractivity contribution is 0.0607. The Morgan fingerprint density at radius 1 is 1.44 bits per heavy atom. The summed E-state index contributed by atoms with van der Waals surface area (Å²) in [6.07, 6.45) is 0. The van der Waals surface area contributed by atoms with Gasteiger partial charge in [-0.3, -0.25) is 4.72 Å². The molecule has 0 aliphatic carbocycles. The van der Waals surface area contributed by atoms with Crippen LogP contribution in [0, 0.1) is 0 Å². The van der Waals surface area contributed by atoms with Gasteiger partial charge in [-0.15, -0.1) is 11.3 Å². The molecule has 7 nitrogen and oxygen atoms in total. The quantitative estimate of drug-likeness (QED) is 0.562. The second-order valence-corrected chi connectivity index (χ2v) is 5.56. The van der Waals surface area contributed by atoms with Crippen molar-refractivity contribution in [3.63, 3.8) is 0 Å². The minimum atomic E-state index is -3.72. The monoisotopic (exact) mass is 294 g/mol. The Hall–Kier alpha value is -1.16. The van der Waals surface area contributed by atoms with E-state index in [0.29, 0.717) is 0 Å². The molecule has 0 saturated heterocycles. The van der Waals surface area contributed by atoms with Crippen molar-refractivity contribution in [2.45, 2.75) is 0 Å². The predicted molar refractivity (Wildman–Crippen MR) is 68.1 cm³/mol. The fourth-order valence-electron chi connectivity index (χ4n) is 1.10. The summed E-state index contributed by atoms with van der Waals surface area (Å²) in [5.41, 5.74) is 0.191. The minimum Gasteiger partial charge on any atom is -0.465 e. The molecule has 0 unspecified atom stereocenters. The van der Waals surface area contributed by atoms with Gasteiger partial charge in [-0.2, -0.15) is 13.1 Å². The van der Waals surface area contributed by atoms with Crippen molar-refractivity contribution in [3.05, 3.63) is 16.3 Å². The molecule has 0 aliphatic heterocycles. The first-order valence-electron chi connectivity index (χ1n) is 4.92. The highest BCUT2D eigenvalue weighted by Gasteiger charge is 2.18. The summed E-state index contributed by atoms with van der Waals surface area (Å²) in [5.74, 6) is -0.584. The largest absolute Gasteiger partial charge is 0.465 e. The van der Waals surface area contributed by atoms with Crippen molar-refractivity contribution < 1.29 is 22.7 Å². The highest BCUT2D eigenvalue weighted by atomic mass is 32.2. The van der Waals surface area contributed by atoms with Crippen LogP contribution in [-0.2, 0) is 19.7 Å². The van der Waals surface area contributed by atoms with Gasteiger partial charge in [0.1, 0.15) is 4.88 Å². The van der Waals surface area contributed by atoms with Gasteiger partial charge in [-0.1, -0.05) is 0 Å². The van der Waals surface area contributed by atoms with E-state index in [9.17, 15) is 13.2 Å². The minimum absolute atomic E-state index is 0.142. The number of esters is 1. The average molecular weight is 294 g/mol. The zero-order valence-corrected chi connectivity index (χ0v) is 11.6. The third-order valence-corrected chi connectivity index (χ3v) is 3.85. The summed E-state index contributed by atoms with van der Waals surface area (Å²) in [4.78, 5) is 11.6. The number of nitrogens with one attached hydrogen (secondary N) is 2. The van der Waals surface area contributed by atoms with Crippen molar-refractivity contribution >= 4 is 33.2 Å². The smallest absolute Gasteiger partial charge is 0.350 e. The molecule has 0 aromatic carbocycles. The highest BCUT2D eigenvalue weighted by molar-refractivity contribution is 7.90. The Labute approximate surface area is 109 Å². The van der Waals surface area contributed by atoms with Crippen LogP contribution in [0.15, 0.2) is 11.4 Å². The molecule has 1 aromatic rings. The van der Waals surface area contributed by atoms with Crippen LogP contribution in [0.5, 0.6) is 0 Å². The molecule has 0 atom stereocenters. The van der Waals surface area contributed by atoms with Gasteiger partial charge in [-0.25, -0.2) is 4.79 Å². The van der Waals surface area contributed by atoms with Crippen molar-refractivity contribution in [2.75, 3.05) is 32.1 Å². The van der Waals surface area contributed by atoms with Gasteiger partial charge in [0, 0.05) is 13.7 Å². The van der Waals surface area contributed by atoms with Gasteiger partial charge in [0.05, 0.1) is 19.4 Å². The topological polar surface area (TPSA) is 93.7 Å². The van der Waals surface area contributed by atoms with Crippen LogP contribution in [0.3, 0.4) is 0 Å². The van der Waals surface area contributed by atoms with Crippen LogP contribution < -0.4 is 9.44 Å². The Balaban J connectivity index is 2.72. The lowest BCUT2D eigenvalue weighted by Gasteiger charge is -2.08. The lowest BCUT2D eigenvalue weighted by Crippen LogP contribution is -2.32. The molecule has 102 valence electrons. The molecule has 0 bridgehead atoms. The lowest BCUT2D eigenvalue weighted by atomic mass is 10.4. The molecule has 9 heteroatoms. The van der Waals surface area contributed by atoms with Crippen LogP contribution in [0.1, 0.15) is 9.67 Å². The van der Waals surface area contributed by atoms with Crippen LogP contribution in [-0.4, -0.2) is 41.8 Å². The van der Waals surface area contributed by atoms with E-state index in [0.717, 1.165) is 11.3 Å². The summed E-state index contributed by atoms with van der Waals surface area (Å²) in [6.45, 7) is 0.401. The number of carbonyl (C=O) groups is 1. The molecule has 18 heavy (non-hydrogen) atoms. The van der Waals surface area contributed by atoms with Gasteiger partial charge in [-0.05, 0) is 11.4 Å². The van der Waals surface area contributed by atoms with E-state index >= 15 is 0 Å². The number of methoxy groups -OCH3 is 2. The van der Waals surface area contributed by atoms with E-state index in [1.165, 1.54) is 20.3 Å². The second kappa shape index (κ2) is 6.69. The number of hydrogen-bond donors (Lipinski definition) is 2. The zero-order valence-electron chi connectivity index (χ0n) is 9.93. The van der Waals surface area contributed by atoms with Gasteiger partial charge < -0.3 is 9.47 Å². The van der Waals surface area contributed by atoms with Gasteiger partial charge in [0.25, 0.3) is 10.2 Å².